The number of anilines is 1. The molecule has 1 aliphatic rings. The van der Waals surface area contributed by atoms with E-state index in [4.69, 9.17) is 0 Å². The van der Waals surface area contributed by atoms with E-state index in [2.05, 4.69) is 10.3 Å². The predicted molar refractivity (Wildman–Crippen MR) is 111 cm³/mol. The van der Waals surface area contributed by atoms with Gasteiger partial charge in [0.1, 0.15) is 11.6 Å². The summed E-state index contributed by atoms with van der Waals surface area (Å²) >= 11 is 0. The van der Waals surface area contributed by atoms with E-state index < -0.39 is 0 Å². The highest BCUT2D eigenvalue weighted by molar-refractivity contribution is 5.92. The van der Waals surface area contributed by atoms with Crippen LogP contribution in [0, 0.1) is 23.5 Å². The van der Waals surface area contributed by atoms with Crippen LogP contribution in [0.3, 0.4) is 0 Å². The summed E-state index contributed by atoms with van der Waals surface area (Å²) in [5.41, 5.74) is 2.58. The zero-order chi connectivity index (χ0) is 20.4. The Morgan fingerprint density at radius 1 is 1.00 bits per heavy atom. The SMILES string of the molecule is C[C@@H](C(=O)Nc1ccc(F)cc1)C1CCC(c2ccnc3ccc(F)cc23)CC1. The van der Waals surface area contributed by atoms with Crippen LogP contribution in [0.25, 0.3) is 10.9 Å². The highest BCUT2D eigenvalue weighted by atomic mass is 19.1. The number of rotatable bonds is 4. The zero-order valence-electron chi connectivity index (χ0n) is 16.4. The Labute approximate surface area is 169 Å². The van der Waals surface area contributed by atoms with E-state index in [-0.39, 0.29) is 23.5 Å². The molecule has 1 fully saturated rings. The highest BCUT2D eigenvalue weighted by Gasteiger charge is 2.30. The first kappa shape index (κ1) is 19.5. The van der Waals surface area contributed by atoms with Gasteiger partial charge in [-0.05, 0) is 91.6 Å². The lowest BCUT2D eigenvalue weighted by Crippen LogP contribution is -2.29. The monoisotopic (exact) mass is 394 g/mol. The topological polar surface area (TPSA) is 42.0 Å². The molecule has 1 N–H and O–H groups in total. The van der Waals surface area contributed by atoms with Gasteiger partial charge in [-0.25, -0.2) is 8.78 Å². The molecule has 2 aromatic carbocycles. The van der Waals surface area contributed by atoms with Gasteiger partial charge >= 0.3 is 0 Å². The van der Waals surface area contributed by atoms with E-state index in [1.54, 1.807) is 30.5 Å². The fourth-order valence-electron chi connectivity index (χ4n) is 4.43. The van der Waals surface area contributed by atoms with Gasteiger partial charge in [0, 0.05) is 23.2 Å². The number of hydrogen-bond acceptors (Lipinski definition) is 2. The lowest BCUT2D eigenvalue weighted by Gasteiger charge is -2.32. The van der Waals surface area contributed by atoms with Crippen LogP contribution in [0.1, 0.15) is 44.1 Å². The van der Waals surface area contributed by atoms with Crippen molar-refractivity contribution in [2.24, 2.45) is 11.8 Å². The Bertz CT molecular complexity index is 1010. The van der Waals surface area contributed by atoms with Gasteiger partial charge < -0.3 is 5.32 Å². The lowest BCUT2D eigenvalue weighted by molar-refractivity contribution is -0.121. The standard InChI is InChI=1S/C24H24F2N2O/c1-15(24(29)28-20-9-6-18(25)7-10-20)16-2-4-17(5-3-16)21-12-13-27-23-11-8-19(26)14-22(21)23/h6-17H,2-5H2,1H3,(H,28,29)/t15-,16?,17?/m1/s1. The minimum atomic E-state index is -0.321. The van der Waals surface area contributed by atoms with Crippen LogP contribution in [-0.2, 0) is 4.79 Å². The van der Waals surface area contributed by atoms with E-state index in [0.29, 0.717) is 17.5 Å². The maximum absolute atomic E-state index is 13.7. The maximum atomic E-state index is 13.7. The average molecular weight is 394 g/mol. The number of benzene rings is 2. The maximum Gasteiger partial charge on any atom is 0.227 e. The van der Waals surface area contributed by atoms with Gasteiger partial charge in [-0.15, -0.1) is 0 Å². The third-order valence-corrected chi connectivity index (χ3v) is 6.18. The first-order valence-corrected chi connectivity index (χ1v) is 10.1. The molecule has 3 nitrogen and oxygen atoms in total. The summed E-state index contributed by atoms with van der Waals surface area (Å²) in [6, 6.07) is 12.6. The molecule has 0 aliphatic heterocycles. The molecule has 0 unspecified atom stereocenters. The third-order valence-electron chi connectivity index (χ3n) is 6.18. The Kier molecular flexibility index (Phi) is 5.56. The van der Waals surface area contributed by atoms with Crippen LogP contribution in [-0.4, -0.2) is 10.9 Å². The second kappa shape index (κ2) is 8.27. The molecule has 4 rings (SSSR count). The lowest BCUT2D eigenvalue weighted by atomic mass is 9.73. The largest absolute Gasteiger partial charge is 0.326 e. The van der Waals surface area contributed by atoms with Crippen molar-refractivity contribution in [3.63, 3.8) is 0 Å². The van der Waals surface area contributed by atoms with E-state index >= 15 is 0 Å². The minimum Gasteiger partial charge on any atom is -0.326 e. The fraction of sp³-hybridized carbons (Fsp3) is 0.333. The molecule has 0 saturated heterocycles. The second-order valence-corrected chi connectivity index (χ2v) is 7.96. The predicted octanol–water partition coefficient (Wildman–Crippen LogP) is 6.06. The van der Waals surface area contributed by atoms with Gasteiger partial charge in [-0.3, -0.25) is 9.78 Å². The summed E-state index contributed by atoms with van der Waals surface area (Å²) in [6.45, 7) is 1.96. The third kappa shape index (κ3) is 4.29. The number of carbonyl (C=O) groups is 1. The fourth-order valence-corrected chi connectivity index (χ4v) is 4.43. The molecule has 150 valence electrons. The zero-order valence-corrected chi connectivity index (χ0v) is 16.4. The van der Waals surface area contributed by atoms with Crippen molar-refractivity contribution in [2.45, 2.75) is 38.5 Å². The van der Waals surface area contributed by atoms with Crippen molar-refractivity contribution in [3.05, 3.63) is 71.9 Å². The normalized spacial score (nSPS) is 20.4. The molecular weight excluding hydrogens is 370 g/mol. The molecule has 0 radical (unpaired) electrons. The van der Waals surface area contributed by atoms with Crippen LogP contribution >= 0.6 is 0 Å². The minimum absolute atomic E-state index is 0.0310. The van der Waals surface area contributed by atoms with Crippen LogP contribution < -0.4 is 5.32 Å². The molecular formula is C24H24F2N2O. The van der Waals surface area contributed by atoms with Gasteiger partial charge in [0.15, 0.2) is 0 Å². The molecule has 3 aromatic rings. The van der Waals surface area contributed by atoms with E-state index in [9.17, 15) is 13.6 Å². The summed E-state index contributed by atoms with van der Waals surface area (Å²) in [5, 5.41) is 3.77. The Morgan fingerprint density at radius 2 is 1.69 bits per heavy atom. The van der Waals surface area contributed by atoms with Gasteiger partial charge in [-0.1, -0.05) is 6.92 Å². The van der Waals surface area contributed by atoms with E-state index in [1.165, 1.54) is 18.2 Å². The van der Waals surface area contributed by atoms with Crippen LogP contribution in [0.5, 0.6) is 0 Å². The van der Waals surface area contributed by atoms with Crippen molar-refractivity contribution in [3.8, 4) is 0 Å². The van der Waals surface area contributed by atoms with Gasteiger partial charge in [-0.2, -0.15) is 0 Å². The number of hydrogen-bond donors (Lipinski definition) is 1. The number of halogens is 2. The number of carbonyl (C=O) groups excluding carboxylic acids is 1. The number of nitrogens with one attached hydrogen (secondary N) is 1. The summed E-state index contributed by atoms with van der Waals surface area (Å²) in [5.74, 6) is -0.0593. The Morgan fingerprint density at radius 3 is 2.41 bits per heavy atom. The van der Waals surface area contributed by atoms with Crippen LogP contribution in [0.2, 0.25) is 0 Å². The molecule has 1 heterocycles. The molecule has 5 heteroatoms. The summed E-state index contributed by atoms with van der Waals surface area (Å²) in [6.07, 6.45) is 5.62. The molecule has 29 heavy (non-hydrogen) atoms. The van der Waals surface area contributed by atoms with Crippen molar-refractivity contribution in [1.29, 1.82) is 0 Å². The van der Waals surface area contributed by atoms with Crippen molar-refractivity contribution < 1.29 is 13.6 Å². The first-order chi connectivity index (χ1) is 14.0. The van der Waals surface area contributed by atoms with E-state index in [0.717, 1.165) is 42.1 Å². The molecule has 1 amide bonds. The van der Waals surface area contributed by atoms with E-state index in [1.807, 2.05) is 13.0 Å². The summed E-state index contributed by atoms with van der Waals surface area (Å²) in [7, 11) is 0. The van der Waals surface area contributed by atoms with Gasteiger partial charge in [0.05, 0.1) is 5.52 Å². The van der Waals surface area contributed by atoms with Crippen LogP contribution in [0.4, 0.5) is 14.5 Å². The molecule has 1 aliphatic carbocycles. The Balaban J connectivity index is 1.41. The number of pyridine rings is 1. The molecule has 0 spiro atoms. The van der Waals surface area contributed by atoms with Crippen molar-refractivity contribution >= 4 is 22.5 Å². The van der Waals surface area contributed by atoms with Crippen molar-refractivity contribution in [1.82, 2.24) is 4.98 Å². The van der Waals surface area contributed by atoms with Crippen LogP contribution in [0.15, 0.2) is 54.7 Å². The Hall–Kier alpha value is -2.82. The van der Waals surface area contributed by atoms with Gasteiger partial charge in [0.25, 0.3) is 0 Å². The molecule has 0 bridgehead atoms. The van der Waals surface area contributed by atoms with Crippen molar-refractivity contribution in [2.75, 3.05) is 5.32 Å². The number of nitrogens with zero attached hydrogens (tertiary/aromatic N) is 1. The number of fused-ring (bicyclic) bond motifs is 1. The number of aromatic nitrogens is 1. The quantitative estimate of drug-likeness (QED) is 0.584. The molecule has 1 aromatic heterocycles. The van der Waals surface area contributed by atoms with Gasteiger partial charge in [0.2, 0.25) is 5.91 Å². The first-order valence-electron chi connectivity index (χ1n) is 10.1. The average Bonchev–Trinajstić information content (AvgIpc) is 2.74. The number of amides is 1. The summed E-state index contributed by atoms with van der Waals surface area (Å²) in [4.78, 5) is 17.0. The molecule has 1 atom stereocenters. The smallest absolute Gasteiger partial charge is 0.227 e. The molecule has 1 saturated carbocycles. The highest BCUT2D eigenvalue weighted by Crippen LogP contribution is 2.41. The summed E-state index contributed by atoms with van der Waals surface area (Å²) < 4.78 is 26.8. The second-order valence-electron chi connectivity index (χ2n) is 7.96.